The Bertz CT molecular complexity index is 314. The molecule has 0 bridgehead atoms. The summed E-state index contributed by atoms with van der Waals surface area (Å²) in [7, 11) is 0. The Hall–Kier alpha value is -1.22. The molecule has 0 radical (unpaired) electrons. The van der Waals surface area contributed by atoms with E-state index in [1.165, 1.54) is 0 Å². The Balaban J connectivity index is 2.74. The molecule has 1 aromatic carbocycles. The molecule has 13 heavy (non-hydrogen) atoms. The highest BCUT2D eigenvalue weighted by Gasteiger charge is 2.11. The fourth-order valence-electron chi connectivity index (χ4n) is 0.789. The average molecular weight is 200 g/mol. The quantitative estimate of drug-likeness (QED) is 0.804. The highest BCUT2D eigenvalue weighted by Crippen LogP contribution is 2.23. The number of hydrogen-bond donors (Lipinski definition) is 1. The molecule has 2 N–H and O–H groups in total. The summed E-state index contributed by atoms with van der Waals surface area (Å²) < 4.78 is 5.20. The second-order valence-corrected chi connectivity index (χ2v) is 3.00. The minimum atomic E-state index is -0.667. The highest BCUT2D eigenvalue weighted by molar-refractivity contribution is 6.32. The van der Waals surface area contributed by atoms with Gasteiger partial charge in [0.1, 0.15) is 5.75 Å². The van der Waals surface area contributed by atoms with Gasteiger partial charge in [-0.3, -0.25) is 4.79 Å². The van der Waals surface area contributed by atoms with Crippen molar-refractivity contribution in [2.45, 2.75) is 13.0 Å². The molecule has 1 atom stereocenters. The molecular weight excluding hydrogens is 190 g/mol. The van der Waals surface area contributed by atoms with E-state index in [0.717, 1.165) is 0 Å². The second-order valence-electron chi connectivity index (χ2n) is 2.59. The SMILES string of the molecule is C[C@@H](Oc1ccccc1Cl)C(N)=O. The van der Waals surface area contributed by atoms with Crippen LogP contribution in [-0.4, -0.2) is 12.0 Å². The van der Waals surface area contributed by atoms with E-state index in [9.17, 15) is 4.79 Å². The number of carbonyl (C=O) groups excluding carboxylic acids is 1. The normalized spacial score (nSPS) is 12.2. The third-order valence-corrected chi connectivity index (χ3v) is 1.85. The smallest absolute Gasteiger partial charge is 0.258 e. The molecule has 0 aliphatic rings. The largest absolute Gasteiger partial charge is 0.479 e. The number of nitrogens with two attached hydrogens (primary N) is 1. The molecule has 1 aromatic rings. The number of para-hydroxylation sites is 1. The van der Waals surface area contributed by atoms with E-state index >= 15 is 0 Å². The van der Waals surface area contributed by atoms with Crippen molar-refractivity contribution >= 4 is 17.5 Å². The van der Waals surface area contributed by atoms with Gasteiger partial charge in [-0.2, -0.15) is 0 Å². The maximum Gasteiger partial charge on any atom is 0.258 e. The zero-order valence-corrected chi connectivity index (χ0v) is 7.91. The molecule has 0 heterocycles. The summed E-state index contributed by atoms with van der Waals surface area (Å²) in [6.07, 6.45) is -0.667. The van der Waals surface area contributed by atoms with Crippen LogP contribution in [0.5, 0.6) is 5.75 Å². The van der Waals surface area contributed by atoms with Gasteiger partial charge in [0, 0.05) is 0 Å². The van der Waals surface area contributed by atoms with Crippen LogP contribution in [0.4, 0.5) is 0 Å². The van der Waals surface area contributed by atoms with Gasteiger partial charge < -0.3 is 10.5 Å². The molecular formula is C9H10ClNO2. The van der Waals surface area contributed by atoms with Gasteiger partial charge in [0.15, 0.2) is 6.10 Å². The van der Waals surface area contributed by atoms with Crippen molar-refractivity contribution in [2.75, 3.05) is 0 Å². The molecule has 0 saturated carbocycles. The predicted octanol–water partition coefficient (Wildman–Crippen LogP) is 1.59. The highest BCUT2D eigenvalue weighted by atomic mass is 35.5. The lowest BCUT2D eigenvalue weighted by Crippen LogP contribution is -2.30. The summed E-state index contributed by atoms with van der Waals surface area (Å²) in [5.74, 6) is -0.0459. The van der Waals surface area contributed by atoms with Crippen molar-refractivity contribution in [3.05, 3.63) is 29.3 Å². The van der Waals surface area contributed by atoms with Crippen LogP contribution >= 0.6 is 11.6 Å². The molecule has 0 fully saturated rings. The van der Waals surface area contributed by atoms with Gasteiger partial charge in [-0.1, -0.05) is 23.7 Å². The van der Waals surface area contributed by atoms with Gasteiger partial charge in [0.25, 0.3) is 5.91 Å². The number of benzene rings is 1. The molecule has 70 valence electrons. The minimum Gasteiger partial charge on any atom is -0.479 e. The summed E-state index contributed by atoms with van der Waals surface area (Å²) in [5, 5.41) is 0.468. The van der Waals surface area contributed by atoms with Gasteiger partial charge in [-0.05, 0) is 19.1 Å². The number of amides is 1. The lowest BCUT2D eigenvalue weighted by atomic mass is 10.3. The van der Waals surface area contributed by atoms with Crippen molar-refractivity contribution in [1.29, 1.82) is 0 Å². The van der Waals surface area contributed by atoms with Crippen LogP contribution in [0.3, 0.4) is 0 Å². The monoisotopic (exact) mass is 199 g/mol. The molecule has 0 unspecified atom stereocenters. The summed E-state index contributed by atoms with van der Waals surface area (Å²) >= 11 is 5.80. The van der Waals surface area contributed by atoms with Crippen LogP contribution in [-0.2, 0) is 4.79 Å². The first-order valence-electron chi connectivity index (χ1n) is 3.81. The topological polar surface area (TPSA) is 52.3 Å². The summed E-state index contributed by atoms with van der Waals surface area (Å²) in [5.41, 5.74) is 5.03. The maximum absolute atomic E-state index is 10.7. The fourth-order valence-corrected chi connectivity index (χ4v) is 0.969. The van der Waals surface area contributed by atoms with Crippen molar-refractivity contribution in [2.24, 2.45) is 5.73 Å². The van der Waals surface area contributed by atoms with Gasteiger partial charge in [0.2, 0.25) is 0 Å². The number of halogens is 1. The molecule has 0 aromatic heterocycles. The number of carbonyl (C=O) groups is 1. The molecule has 4 heteroatoms. The van der Waals surface area contributed by atoms with Crippen LogP contribution in [0.15, 0.2) is 24.3 Å². The fraction of sp³-hybridized carbons (Fsp3) is 0.222. The lowest BCUT2D eigenvalue weighted by Gasteiger charge is -2.11. The van der Waals surface area contributed by atoms with E-state index in [4.69, 9.17) is 22.1 Å². The number of hydrogen-bond acceptors (Lipinski definition) is 2. The number of ether oxygens (including phenoxy) is 1. The first kappa shape index (κ1) is 9.86. The Labute approximate surface area is 81.4 Å². The maximum atomic E-state index is 10.7. The van der Waals surface area contributed by atoms with Crippen LogP contribution in [0.2, 0.25) is 5.02 Å². The Morgan fingerprint density at radius 2 is 2.15 bits per heavy atom. The van der Waals surface area contributed by atoms with Gasteiger partial charge in [-0.15, -0.1) is 0 Å². The second kappa shape index (κ2) is 4.14. The van der Waals surface area contributed by atoms with Crippen LogP contribution in [0.25, 0.3) is 0 Å². The van der Waals surface area contributed by atoms with Crippen molar-refractivity contribution in [1.82, 2.24) is 0 Å². The lowest BCUT2D eigenvalue weighted by molar-refractivity contribution is -0.123. The Kier molecular flexibility index (Phi) is 3.14. The Morgan fingerprint density at radius 1 is 1.54 bits per heavy atom. The standard InChI is InChI=1S/C9H10ClNO2/c1-6(9(11)12)13-8-5-3-2-4-7(8)10/h2-6H,1H3,(H2,11,12)/t6-/m1/s1. The Morgan fingerprint density at radius 3 is 2.69 bits per heavy atom. The van der Waals surface area contributed by atoms with Crippen molar-refractivity contribution < 1.29 is 9.53 Å². The minimum absolute atomic E-state index is 0.468. The number of rotatable bonds is 3. The molecule has 1 amide bonds. The van der Waals surface area contributed by atoms with E-state index in [0.29, 0.717) is 10.8 Å². The van der Waals surface area contributed by atoms with Crippen molar-refractivity contribution in [3.63, 3.8) is 0 Å². The molecule has 0 aliphatic carbocycles. The van der Waals surface area contributed by atoms with E-state index in [1.807, 2.05) is 0 Å². The first-order chi connectivity index (χ1) is 6.11. The average Bonchev–Trinajstić information content (AvgIpc) is 2.08. The van der Waals surface area contributed by atoms with E-state index in [2.05, 4.69) is 0 Å². The molecule has 0 saturated heterocycles. The first-order valence-corrected chi connectivity index (χ1v) is 4.19. The van der Waals surface area contributed by atoms with E-state index < -0.39 is 12.0 Å². The number of primary amides is 1. The third kappa shape index (κ3) is 2.63. The van der Waals surface area contributed by atoms with Crippen molar-refractivity contribution in [3.8, 4) is 5.75 Å². The molecule has 1 rings (SSSR count). The molecule has 0 aliphatic heterocycles. The summed E-state index contributed by atoms with van der Waals surface area (Å²) in [6, 6.07) is 6.92. The van der Waals surface area contributed by atoms with Gasteiger partial charge in [0.05, 0.1) is 5.02 Å². The summed E-state index contributed by atoms with van der Waals surface area (Å²) in [6.45, 7) is 1.58. The van der Waals surface area contributed by atoms with Crippen LogP contribution in [0, 0.1) is 0 Å². The zero-order valence-electron chi connectivity index (χ0n) is 7.16. The summed E-state index contributed by atoms with van der Waals surface area (Å²) in [4.78, 5) is 10.7. The van der Waals surface area contributed by atoms with Gasteiger partial charge >= 0.3 is 0 Å². The zero-order chi connectivity index (χ0) is 9.84. The van der Waals surface area contributed by atoms with E-state index in [-0.39, 0.29) is 0 Å². The third-order valence-electron chi connectivity index (χ3n) is 1.54. The molecule has 3 nitrogen and oxygen atoms in total. The van der Waals surface area contributed by atoms with Crippen LogP contribution in [0.1, 0.15) is 6.92 Å². The molecule has 0 spiro atoms. The van der Waals surface area contributed by atoms with E-state index in [1.54, 1.807) is 31.2 Å². The van der Waals surface area contributed by atoms with Crippen LogP contribution < -0.4 is 10.5 Å². The van der Waals surface area contributed by atoms with Gasteiger partial charge in [-0.25, -0.2) is 0 Å². The predicted molar refractivity (Wildman–Crippen MR) is 50.7 cm³/mol.